The van der Waals surface area contributed by atoms with Crippen molar-refractivity contribution >= 4 is 34.1 Å². The van der Waals surface area contributed by atoms with Crippen LogP contribution in [-0.2, 0) is 0 Å². The number of rotatable bonds is 4. The first-order valence-electron chi connectivity index (χ1n) is 5.25. The lowest BCUT2D eigenvalue weighted by Gasteiger charge is -1.95. The van der Waals surface area contributed by atoms with E-state index >= 15 is 0 Å². The molecule has 0 spiro atoms. The number of aromatic nitrogens is 3. The largest absolute Gasteiger partial charge is 0.351 e. The minimum Gasteiger partial charge on any atom is -0.351 e. The van der Waals surface area contributed by atoms with Crippen molar-refractivity contribution in [1.29, 1.82) is 0 Å². The highest BCUT2D eigenvalue weighted by Crippen LogP contribution is 2.23. The van der Waals surface area contributed by atoms with Gasteiger partial charge in [0.05, 0.1) is 5.69 Å². The number of carbonyl (C=O) groups excluding carboxylic acids is 1. The van der Waals surface area contributed by atoms with Crippen LogP contribution in [0.5, 0.6) is 0 Å². The van der Waals surface area contributed by atoms with Crippen LogP contribution in [0.3, 0.4) is 0 Å². The van der Waals surface area contributed by atoms with Gasteiger partial charge in [0.15, 0.2) is 4.34 Å². The number of nitrogens with zero attached hydrogens (tertiary/aromatic N) is 3. The van der Waals surface area contributed by atoms with E-state index in [9.17, 15) is 4.79 Å². The van der Waals surface area contributed by atoms with E-state index in [4.69, 9.17) is 4.52 Å². The molecule has 18 heavy (non-hydrogen) atoms. The van der Waals surface area contributed by atoms with Crippen molar-refractivity contribution in [1.82, 2.24) is 15.4 Å². The van der Waals surface area contributed by atoms with Gasteiger partial charge in [-0.15, -0.1) is 10.2 Å². The van der Waals surface area contributed by atoms with Crippen LogP contribution in [-0.4, -0.2) is 27.5 Å². The second-order valence-corrected chi connectivity index (χ2v) is 5.83. The molecule has 96 valence electrons. The maximum atomic E-state index is 11.8. The van der Waals surface area contributed by atoms with E-state index in [-0.39, 0.29) is 17.6 Å². The lowest BCUT2D eigenvalue weighted by atomic mass is 10.1. The number of hydrogen-bond acceptors (Lipinski definition) is 7. The summed E-state index contributed by atoms with van der Waals surface area (Å²) in [7, 11) is 0. The van der Waals surface area contributed by atoms with Crippen LogP contribution in [0, 0.1) is 0 Å². The fraction of sp³-hybridized carbons (Fsp3) is 0.400. The minimum absolute atomic E-state index is 0.180. The van der Waals surface area contributed by atoms with Crippen LogP contribution >= 0.6 is 23.1 Å². The molecule has 2 aromatic heterocycles. The molecular weight excluding hydrogens is 272 g/mol. The summed E-state index contributed by atoms with van der Waals surface area (Å²) in [5, 5.41) is 14.6. The van der Waals surface area contributed by atoms with Crippen molar-refractivity contribution in [2.75, 3.05) is 11.6 Å². The molecule has 0 aliphatic rings. The molecule has 1 amide bonds. The van der Waals surface area contributed by atoms with Crippen LogP contribution in [0.2, 0.25) is 0 Å². The summed E-state index contributed by atoms with van der Waals surface area (Å²) in [6.45, 7) is 3.96. The number of carbonyl (C=O) groups is 1. The molecule has 0 atom stereocenters. The van der Waals surface area contributed by atoms with Crippen molar-refractivity contribution < 1.29 is 9.32 Å². The van der Waals surface area contributed by atoms with Gasteiger partial charge in [0.25, 0.3) is 5.91 Å². The highest BCUT2D eigenvalue weighted by Gasteiger charge is 2.16. The summed E-state index contributed by atoms with van der Waals surface area (Å²) in [6, 6.07) is 1.64. The third-order valence-electron chi connectivity index (χ3n) is 2.15. The Bertz CT molecular complexity index is 550. The van der Waals surface area contributed by atoms with E-state index in [1.54, 1.807) is 6.07 Å². The first kappa shape index (κ1) is 13.0. The predicted octanol–water partition coefficient (Wildman–Crippen LogP) is 2.62. The Morgan fingerprint density at radius 1 is 1.50 bits per heavy atom. The molecule has 0 bridgehead atoms. The smallest absolute Gasteiger partial charge is 0.296 e. The summed E-state index contributed by atoms with van der Waals surface area (Å²) in [6.07, 6.45) is 1.90. The van der Waals surface area contributed by atoms with E-state index in [0.717, 1.165) is 10.0 Å². The monoisotopic (exact) mass is 284 g/mol. The van der Waals surface area contributed by atoms with Gasteiger partial charge in [0.1, 0.15) is 0 Å². The third kappa shape index (κ3) is 2.88. The SMILES string of the molecule is CSc1nnc(NC(=O)c2cc(C(C)C)no2)s1. The molecule has 0 aliphatic heterocycles. The Morgan fingerprint density at radius 3 is 2.83 bits per heavy atom. The van der Waals surface area contributed by atoms with E-state index in [1.807, 2.05) is 20.1 Å². The number of nitrogens with one attached hydrogen (secondary N) is 1. The maximum Gasteiger partial charge on any atom is 0.296 e. The molecule has 0 saturated heterocycles. The van der Waals surface area contributed by atoms with E-state index in [0.29, 0.717) is 5.13 Å². The Morgan fingerprint density at radius 2 is 2.28 bits per heavy atom. The number of hydrogen-bond donors (Lipinski definition) is 1. The summed E-state index contributed by atoms with van der Waals surface area (Å²) in [4.78, 5) is 11.8. The van der Waals surface area contributed by atoms with Gasteiger partial charge in [0.2, 0.25) is 10.9 Å². The van der Waals surface area contributed by atoms with Gasteiger partial charge in [-0.1, -0.05) is 42.1 Å². The molecule has 0 saturated carbocycles. The fourth-order valence-electron chi connectivity index (χ4n) is 1.17. The van der Waals surface area contributed by atoms with Crippen molar-refractivity contribution in [3.63, 3.8) is 0 Å². The van der Waals surface area contributed by atoms with Crippen molar-refractivity contribution in [3.8, 4) is 0 Å². The van der Waals surface area contributed by atoms with Crippen molar-refractivity contribution in [3.05, 3.63) is 17.5 Å². The highest BCUT2D eigenvalue weighted by molar-refractivity contribution is 8.00. The van der Waals surface area contributed by atoms with Crippen LogP contribution < -0.4 is 5.32 Å². The van der Waals surface area contributed by atoms with Crippen LogP contribution in [0.4, 0.5) is 5.13 Å². The summed E-state index contributed by atoms with van der Waals surface area (Å²) in [5.74, 6) is 0.0396. The van der Waals surface area contributed by atoms with Crippen LogP contribution in [0.1, 0.15) is 36.0 Å². The average Bonchev–Trinajstić information content (AvgIpc) is 2.97. The summed E-state index contributed by atoms with van der Waals surface area (Å²) in [5.41, 5.74) is 0.752. The highest BCUT2D eigenvalue weighted by atomic mass is 32.2. The normalized spacial score (nSPS) is 10.9. The summed E-state index contributed by atoms with van der Waals surface area (Å²) < 4.78 is 5.78. The summed E-state index contributed by atoms with van der Waals surface area (Å²) >= 11 is 2.79. The molecule has 0 aromatic carbocycles. The Kier molecular flexibility index (Phi) is 3.97. The van der Waals surface area contributed by atoms with Crippen LogP contribution in [0.25, 0.3) is 0 Å². The second kappa shape index (κ2) is 5.49. The molecule has 0 radical (unpaired) electrons. The molecule has 8 heteroatoms. The maximum absolute atomic E-state index is 11.8. The zero-order chi connectivity index (χ0) is 13.1. The molecule has 2 heterocycles. The van der Waals surface area contributed by atoms with Gasteiger partial charge in [-0.05, 0) is 12.2 Å². The number of amides is 1. The predicted molar refractivity (Wildman–Crippen MR) is 70.2 cm³/mol. The average molecular weight is 284 g/mol. The molecule has 6 nitrogen and oxygen atoms in total. The number of anilines is 1. The van der Waals surface area contributed by atoms with Gasteiger partial charge < -0.3 is 4.52 Å². The first-order chi connectivity index (χ1) is 8.60. The molecule has 0 fully saturated rings. The molecule has 2 rings (SSSR count). The van der Waals surface area contributed by atoms with Crippen molar-refractivity contribution in [2.45, 2.75) is 24.1 Å². The van der Waals surface area contributed by atoms with Gasteiger partial charge >= 0.3 is 0 Å². The Balaban J connectivity index is 2.06. The van der Waals surface area contributed by atoms with Crippen LogP contribution in [0.15, 0.2) is 14.9 Å². The van der Waals surface area contributed by atoms with E-state index in [2.05, 4.69) is 20.7 Å². The standard InChI is InChI=1S/C10H12N4O2S2/c1-5(2)6-4-7(16-14-6)8(15)11-9-12-13-10(17-3)18-9/h4-5H,1-3H3,(H,11,12,15). The number of thioether (sulfide) groups is 1. The second-order valence-electron chi connectivity index (χ2n) is 3.80. The van der Waals surface area contributed by atoms with Gasteiger partial charge in [-0.3, -0.25) is 10.1 Å². The lowest BCUT2D eigenvalue weighted by Crippen LogP contribution is -2.10. The Hall–Kier alpha value is -1.41. The molecule has 0 unspecified atom stereocenters. The quantitative estimate of drug-likeness (QED) is 0.686. The zero-order valence-corrected chi connectivity index (χ0v) is 11.8. The zero-order valence-electron chi connectivity index (χ0n) is 10.1. The third-order valence-corrected chi connectivity index (χ3v) is 3.96. The van der Waals surface area contributed by atoms with Crippen molar-refractivity contribution in [2.24, 2.45) is 0 Å². The Labute approximate surface area is 112 Å². The van der Waals surface area contributed by atoms with Gasteiger partial charge in [-0.25, -0.2) is 0 Å². The molecule has 2 aromatic rings. The van der Waals surface area contributed by atoms with E-state index < -0.39 is 0 Å². The lowest BCUT2D eigenvalue weighted by molar-refractivity contribution is 0.0987. The molecule has 1 N–H and O–H groups in total. The van der Waals surface area contributed by atoms with E-state index in [1.165, 1.54) is 23.1 Å². The molecule has 0 aliphatic carbocycles. The topological polar surface area (TPSA) is 80.9 Å². The fourth-order valence-corrected chi connectivity index (χ4v) is 2.33. The first-order valence-corrected chi connectivity index (χ1v) is 7.29. The minimum atomic E-state index is -0.363. The molecular formula is C10H12N4O2S2. The van der Waals surface area contributed by atoms with Gasteiger partial charge in [-0.2, -0.15) is 0 Å². The van der Waals surface area contributed by atoms with Gasteiger partial charge in [0, 0.05) is 6.07 Å².